The monoisotopic (exact) mass is 304 g/mol. The molecule has 2 aromatic heterocycles. The van der Waals surface area contributed by atoms with Crippen molar-refractivity contribution in [2.24, 2.45) is 0 Å². The molecule has 1 aliphatic heterocycles. The van der Waals surface area contributed by atoms with Gasteiger partial charge in [-0.2, -0.15) is 0 Å². The molecule has 0 bridgehead atoms. The molecule has 0 atom stereocenters. The molecule has 3 heterocycles. The molecule has 1 aliphatic rings. The quantitative estimate of drug-likeness (QED) is 0.636. The third-order valence-corrected chi connectivity index (χ3v) is 4.39. The molecular weight excluding hydrogens is 296 g/mol. The van der Waals surface area contributed by atoms with Crippen LogP contribution in [0.2, 0.25) is 5.15 Å². The zero-order valence-corrected chi connectivity index (χ0v) is 12.1. The first-order valence-corrected chi connectivity index (χ1v) is 7.24. The number of nitrogens with zero attached hydrogens (tertiary/aromatic N) is 2. The normalized spacial score (nSPS) is 13.1. The molecule has 4 nitrogen and oxygen atoms in total. The third kappa shape index (κ3) is 1.82. The van der Waals surface area contributed by atoms with Crippen molar-refractivity contribution in [2.75, 3.05) is 6.79 Å². The Hall–Kier alpha value is -1.85. The smallest absolute Gasteiger partial charge is 0.231 e. The molecule has 0 aliphatic carbocycles. The van der Waals surface area contributed by atoms with E-state index in [0.29, 0.717) is 22.5 Å². The second kappa shape index (κ2) is 4.33. The zero-order valence-electron chi connectivity index (χ0n) is 10.5. The molecule has 0 unspecified atom stereocenters. The van der Waals surface area contributed by atoms with Crippen LogP contribution in [0.25, 0.3) is 21.6 Å². The molecule has 20 heavy (non-hydrogen) atoms. The van der Waals surface area contributed by atoms with Gasteiger partial charge in [-0.25, -0.2) is 9.97 Å². The highest BCUT2D eigenvalue weighted by molar-refractivity contribution is 7.15. The molecule has 0 radical (unpaired) electrons. The number of hydrogen-bond donors (Lipinski definition) is 0. The molecule has 0 saturated heterocycles. The lowest BCUT2D eigenvalue weighted by molar-refractivity contribution is 0.174. The Labute approximate surface area is 124 Å². The number of halogens is 1. The molecule has 6 heteroatoms. The van der Waals surface area contributed by atoms with Gasteiger partial charge < -0.3 is 9.47 Å². The first kappa shape index (κ1) is 11.9. The summed E-state index contributed by atoms with van der Waals surface area (Å²) in [6.45, 7) is 2.28. The van der Waals surface area contributed by atoms with E-state index >= 15 is 0 Å². The highest BCUT2D eigenvalue weighted by Crippen LogP contribution is 2.38. The van der Waals surface area contributed by atoms with Gasteiger partial charge in [-0.3, -0.25) is 0 Å². The minimum absolute atomic E-state index is 0.230. The van der Waals surface area contributed by atoms with Crippen molar-refractivity contribution in [1.29, 1.82) is 0 Å². The second-order valence-electron chi connectivity index (χ2n) is 4.47. The number of aromatic nitrogens is 2. The largest absolute Gasteiger partial charge is 0.454 e. The van der Waals surface area contributed by atoms with Crippen molar-refractivity contribution >= 4 is 33.8 Å². The fourth-order valence-corrected chi connectivity index (χ4v) is 3.18. The van der Waals surface area contributed by atoms with Gasteiger partial charge in [0.25, 0.3) is 0 Å². The summed E-state index contributed by atoms with van der Waals surface area (Å²) in [5.74, 6) is 2.02. The number of fused-ring (bicyclic) bond motifs is 2. The summed E-state index contributed by atoms with van der Waals surface area (Å²) >= 11 is 7.92. The fourth-order valence-electron chi connectivity index (χ4n) is 2.15. The summed E-state index contributed by atoms with van der Waals surface area (Å²) in [6.07, 6.45) is 0. The van der Waals surface area contributed by atoms with E-state index in [-0.39, 0.29) is 6.79 Å². The van der Waals surface area contributed by atoms with E-state index in [0.717, 1.165) is 15.8 Å². The van der Waals surface area contributed by atoms with Gasteiger partial charge in [0, 0.05) is 16.3 Å². The van der Waals surface area contributed by atoms with Crippen molar-refractivity contribution in [1.82, 2.24) is 9.97 Å². The van der Waals surface area contributed by atoms with Gasteiger partial charge in [0.2, 0.25) is 6.79 Å². The van der Waals surface area contributed by atoms with Crippen molar-refractivity contribution in [3.8, 4) is 22.2 Å². The lowest BCUT2D eigenvalue weighted by atomic mass is 10.2. The van der Waals surface area contributed by atoms with Crippen LogP contribution in [0, 0.1) is 6.92 Å². The highest BCUT2D eigenvalue weighted by atomic mass is 35.5. The van der Waals surface area contributed by atoms with Crippen LogP contribution >= 0.6 is 22.9 Å². The first-order chi connectivity index (χ1) is 9.70. The number of rotatable bonds is 1. The molecule has 0 saturated carbocycles. The van der Waals surface area contributed by atoms with E-state index in [2.05, 4.69) is 16.9 Å². The zero-order chi connectivity index (χ0) is 13.7. The van der Waals surface area contributed by atoms with Crippen LogP contribution in [0.15, 0.2) is 24.3 Å². The lowest BCUT2D eigenvalue weighted by Crippen LogP contribution is -1.92. The highest BCUT2D eigenvalue weighted by Gasteiger charge is 2.18. The number of ether oxygens (including phenoxy) is 2. The van der Waals surface area contributed by atoms with E-state index in [1.807, 2.05) is 24.3 Å². The lowest BCUT2D eigenvalue weighted by Gasteiger charge is -2.04. The first-order valence-electron chi connectivity index (χ1n) is 6.04. The van der Waals surface area contributed by atoms with Crippen molar-refractivity contribution < 1.29 is 9.47 Å². The third-order valence-electron chi connectivity index (χ3n) is 3.10. The van der Waals surface area contributed by atoms with E-state index in [9.17, 15) is 0 Å². The predicted molar refractivity (Wildman–Crippen MR) is 78.7 cm³/mol. The Bertz CT molecular complexity index is 831. The Kier molecular flexibility index (Phi) is 2.58. The van der Waals surface area contributed by atoms with Gasteiger partial charge in [0.15, 0.2) is 17.3 Å². The fraction of sp³-hybridized carbons (Fsp3) is 0.143. The van der Waals surface area contributed by atoms with Gasteiger partial charge in [-0.1, -0.05) is 11.6 Å². The SMILES string of the molecule is Cc1ccc(-c2nc(Cl)c3cc4c(cc3n2)OCO4)s1. The maximum absolute atomic E-state index is 6.28. The average Bonchev–Trinajstić information content (AvgIpc) is 3.04. The molecule has 3 aromatic rings. The molecule has 100 valence electrons. The van der Waals surface area contributed by atoms with Crippen molar-refractivity contribution in [2.45, 2.75) is 6.92 Å². The van der Waals surface area contributed by atoms with E-state index < -0.39 is 0 Å². The van der Waals surface area contributed by atoms with Crippen LogP contribution in [-0.2, 0) is 0 Å². The molecule has 0 spiro atoms. The topological polar surface area (TPSA) is 44.2 Å². The minimum atomic E-state index is 0.230. The van der Waals surface area contributed by atoms with Crippen LogP contribution in [0.4, 0.5) is 0 Å². The van der Waals surface area contributed by atoms with Crippen LogP contribution in [-0.4, -0.2) is 16.8 Å². The summed E-state index contributed by atoms with van der Waals surface area (Å²) in [4.78, 5) is 11.2. The molecule has 0 fully saturated rings. The number of benzene rings is 1. The Morgan fingerprint density at radius 2 is 1.95 bits per heavy atom. The van der Waals surface area contributed by atoms with Crippen LogP contribution in [0.5, 0.6) is 11.5 Å². The van der Waals surface area contributed by atoms with Crippen LogP contribution in [0.1, 0.15) is 4.88 Å². The summed E-state index contributed by atoms with van der Waals surface area (Å²) in [5, 5.41) is 1.20. The number of thiophene rings is 1. The Balaban J connectivity index is 1.95. The van der Waals surface area contributed by atoms with Gasteiger partial charge in [0.05, 0.1) is 10.4 Å². The van der Waals surface area contributed by atoms with E-state index in [4.69, 9.17) is 21.1 Å². The molecule has 0 amide bonds. The molecular formula is C14H9ClN2O2S. The predicted octanol–water partition coefficient (Wildman–Crippen LogP) is 4.05. The van der Waals surface area contributed by atoms with Gasteiger partial charge in [0.1, 0.15) is 5.15 Å². The summed E-state index contributed by atoms with van der Waals surface area (Å²) in [5.41, 5.74) is 0.760. The van der Waals surface area contributed by atoms with Crippen molar-refractivity contribution in [3.63, 3.8) is 0 Å². The average molecular weight is 305 g/mol. The maximum atomic E-state index is 6.28. The summed E-state index contributed by atoms with van der Waals surface area (Å²) in [6, 6.07) is 7.71. The minimum Gasteiger partial charge on any atom is -0.454 e. The van der Waals surface area contributed by atoms with Gasteiger partial charge >= 0.3 is 0 Å². The van der Waals surface area contributed by atoms with Gasteiger partial charge in [-0.05, 0) is 25.1 Å². The maximum Gasteiger partial charge on any atom is 0.231 e. The molecule has 0 N–H and O–H groups in total. The van der Waals surface area contributed by atoms with Crippen molar-refractivity contribution in [3.05, 3.63) is 34.3 Å². The van der Waals surface area contributed by atoms with Crippen LogP contribution in [0.3, 0.4) is 0 Å². The second-order valence-corrected chi connectivity index (χ2v) is 6.12. The van der Waals surface area contributed by atoms with Gasteiger partial charge in [-0.15, -0.1) is 11.3 Å². The molecule has 1 aromatic carbocycles. The van der Waals surface area contributed by atoms with E-state index in [1.165, 1.54) is 4.88 Å². The number of aryl methyl sites for hydroxylation is 1. The standard InChI is InChI=1S/C14H9ClN2O2S/c1-7-2-3-12(20-7)14-16-9-5-11-10(18-6-19-11)4-8(9)13(15)17-14/h2-5H,6H2,1H3. The summed E-state index contributed by atoms with van der Waals surface area (Å²) < 4.78 is 10.7. The Morgan fingerprint density at radius 3 is 2.70 bits per heavy atom. The number of hydrogen-bond acceptors (Lipinski definition) is 5. The Morgan fingerprint density at radius 1 is 1.15 bits per heavy atom. The van der Waals surface area contributed by atoms with E-state index in [1.54, 1.807) is 11.3 Å². The molecule has 4 rings (SSSR count). The van der Waals surface area contributed by atoms with Crippen LogP contribution < -0.4 is 9.47 Å². The summed E-state index contributed by atoms with van der Waals surface area (Å²) in [7, 11) is 0.